The first kappa shape index (κ1) is 10.1. The van der Waals surface area contributed by atoms with Crippen LogP contribution in [-0.2, 0) is 9.59 Å². The van der Waals surface area contributed by atoms with Crippen molar-refractivity contribution in [2.45, 2.75) is 6.42 Å². The van der Waals surface area contributed by atoms with E-state index >= 15 is 0 Å². The second-order valence-corrected chi connectivity index (χ2v) is 0.569. The van der Waals surface area contributed by atoms with E-state index in [1.807, 2.05) is 0 Å². The van der Waals surface area contributed by atoms with Crippen LogP contribution < -0.4 is 0 Å². The van der Waals surface area contributed by atoms with Gasteiger partial charge in [-0.3, -0.25) is 0 Å². The van der Waals surface area contributed by atoms with Gasteiger partial charge in [-0.1, -0.05) is 0 Å². The molecule has 0 aliphatic carbocycles. The zero-order chi connectivity index (χ0) is 4.12. The first-order valence-corrected chi connectivity index (χ1v) is 1.29. The van der Waals surface area contributed by atoms with Gasteiger partial charge in [-0.2, -0.15) is 0 Å². The van der Waals surface area contributed by atoms with Crippen LogP contribution in [0.1, 0.15) is 6.42 Å². The first-order chi connectivity index (χ1) is 2.41. The quantitative estimate of drug-likeness (QED) is 0.264. The Morgan fingerprint density at radius 3 is 1.50 bits per heavy atom. The molecule has 0 aliphatic heterocycles. The van der Waals surface area contributed by atoms with Crippen molar-refractivity contribution in [1.29, 1.82) is 0 Å². The fourth-order valence-electron chi connectivity index (χ4n) is 0.0393. The molecule has 0 unspecified atom stereocenters. The molecule has 0 aromatic heterocycles. The standard InChI is InChI=1S/C3H4O2.K.H/c4-2-1-3-5;;/h2-3H,1H2;;. The molecular weight excluding hydrogens is 107 g/mol. The van der Waals surface area contributed by atoms with Gasteiger partial charge in [0.05, 0.1) is 6.42 Å². The third-order valence-electron chi connectivity index (χ3n) is 0.192. The SMILES string of the molecule is O=CCC=O.[KH]. The van der Waals surface area contributed by atoms with Crippen LogP contribution in [0.3, 0.4) is 0 Å². The summed E-state index contributed by atoms with van der Waals surface area (Å²) >= 11 is 0. The van der Waals surface area contributed by atoms with Crippen molar-refractivity contribution in [1.82, 2.24) is 0 Å². The molecule has 6 heavy (non-hydrogen) atoms. The van der Waals surface area contributed by atoms with Crippen molar-refractivity contribution in [2.75, 3.05) is 0 Å². The normalized spacial score (nSPS) is 5.33. The number of hydrogen-bond acceptors (Lipinski definition) is 2. The Balaban J connectivity index is 0. The fourth-order valence-corrected chi connectivity index (χ4v) is 0.0393. The van der Waals surface area contributed by atoms with Crippen molar-refractivity contribution < 1.29 is 9.59 Å². The van der Waals surface area contributed by atoms with Gasteiger partial charge in [-0.05, 0) is 0 Å². The zero-order valence-electron chi connectivity index (χ0n) is 2.68. The minimum atomic E-state index is 0. The molecule has 0 atom stereocenters. The predicted molar refractivity (Wildman–Crippen MR) is 23.9 cm³/mol. The van der Waals surface area contributed by atoms with E-state index in [1.54, 1.807) is 0 Å². The third kappa shape index (κ3) is 8.88. The molecule has 0 N–H and O–H groups in total. The Morgan fingerprint density at radius 1 is 1.17 bits per heavy atom. The molecule has 0 aromatic carbocycles. The van der Waals surface area contributed by atoms with E-state index in [1.165, 1.54) is 0 Å². The molecule has 0 rings (SSSR count). The van der Waals surface area contributed by atoms with E-state index in [-0.39, 0.29) is 57.8 Å². The molecule has 0 saturated heterocycles. The van der Waals surface area contributed by atoms with E-state index in [2.05, 4.69) is 0 Å². The van der Waals surface area contributed by atoms with Crippen LogP contribution in [0, 0.1) is 0 Å². The van der Waals surface area contributed by atoms with Gasteiger partial charge in [0.25, 0.3) is 0 Å². The Morgan fingerprint density at radius 2 is 1.50 bits per heavy atom. The summed E-state index contributed by atoms with van der Waals surface area (Å²) in [4.78, 5) is 18.3. The molecule has 0 heterocycles. The van der Waals surface area contributed by atoms with E-state index in [4.69, 9.17) is 0 Å². The van der Waals surface area contributed by atoms with Crippen molar-refractivity contribution in [3.05, 3.63) is 0 Å². The summed E-state index contributed by atoms with van der Waals surface area (Å²) in [5.74, 6) is 0. The van der Waals surface area contributed by atoms with Crippen molar-refractivity contribution in [2.24, 2.45) is 0 Å². The van der Waals surface area contributed by atoms with Gasteiger partial charge in [-0.15, -0.1) is 0 Å². The molecule has 0 radical (unpaired) electrons. The molecule has 0 aliphatic rings. The molecule has 0 amide bonds. The van der Waals surface area contributed by atoms with Crippen LogP contribution in [0.25, 0.3) is 0 Å². The van der Waals surface area contributed by atoms with Gasteiger partial charge in [0.15, 0.2) is 0 Å². The number of rotatable bonds is 2. The van der Waals surface area contributed by atoms with Crippen molar-refractivity contribution >= 4 is 64.0 Å². The van der Waals surface area contributed by atoms with Gasteiger partial charge in [0.2, 0.25) is 0 Å². The zero-order valence-corrected chi connectivity index (χ0v) is 2.68. The number of carbonyl (C=O) groups is 2. The minimum absolute atomic E-state index is 0. The number of carbonyl (C=O) groups excluding carboxylic acids is 2. The third-order valence-corrected chi connectivity index (χ3v) is 0.192. The molecule has 0 fully saturated rings. The van der Waals surface area contributed by atoms with Gasteiger partial charge < -0.3 is 9.59 Å². The van der Waals surface area contributed by atoms with Crippen LogP contribution in [-0.4, -0.2) is 64.0 Å². The van der Waals surface area contributed by atoms with E-state index in [0.717, 1.165) is 0 Å². The monoisotopic (exact) mass is 112 g/mol. The second-order valence-electron chi connectivity index (χ2n) is 0.569. The van der Waals surface area contributed by atoms with Gasteiger partial charge in [0.1, 0.15) is 12.6 Å². The van der Waals surface area contributed by atoms with Crippen LogP contribution in [0.2, 0.25) is 0 Å². The molecular formula is C3H5KO2. The summed E-state index contributed by atoms with van der Waals surface area (Å²) in [6, 6.07) is 0. The Labute approximate surface area is 78.7 Å². The summed E-state index contributed by atoms with van der Waals surface area (Å²) in [5.41, 5.74) is 0. The summed E-state index contributed by atoms with van der Waals surface area (Å²) < 4.78 is 0. The first-order valence-electron chi connectivity index (χ1n) is 1.29. The summed E-state index contributed by atoms with van der Waals surface area (Å²) in [6.07, 6.45) is 1.15. The van der Waals surface area contributed by atoms with E-state index in [0.29, 0.717) is 12.6 Å². The Hall–Kier alpha value is 0.976. The van der Waals surface area contributed by atoms with Crippen LogP contribution >= 0.6 is 0 Å². The molecule has 3 heteroatoms. The molecule has 0 aromatic rings. The second kappa shape index (κ2) is 9.36. The molecule has 0 bridgehead atoms. The average Bonchev–Trinajstić information content (AvgIpc) is 1.41. The van der Waals surface area contributed by atoms with Crippen molar-refractivity contribution in [3.63, 3.8) is 0 Å². The fraction of sp³-hybridized carbons (Fsp3) is 0.333. The van der Waals surface area contributed by atoms with E-state index in [9.17, 15) is 9.59 Å². The van der Waals surface area contributed by atoms with E-state index < -0.39 is 0 Å². The van der Waals surface area contributed by atoms with Crippen LogP contribution in [0.15, 0.2) is 0 Å². The average molecular weight is 112 g/mol. The number of aldehydes is 2. The van der Waals surface area contributed by atoms with Crippen LogP contribution in [0.4, 0.5) is 0 Å². The number of hydrogen-bond donors (Lipinski definition) is 0. The van der Waals surface area contributed by atoms with Gasteiger partial charge in [0, 0.05) is 0 Å². The summed E-state index contributed by atoms with van der Waals surface area (Å²) in [6.45, 7) is 0. The summed E-state index contributed by atoms with van der Waals surface area (Å²) in [7, 11) is 0. The molecule has 0 saturated carbocycles. The van der Waals surface area contributed by atoms with Gasteiger partial charge >= 0.3 is 51.4 Å². The van der Waals surface area contributed by atoms with Crippen LogP contribution in [0.5, 0.6) is 0 Å². The topological polar surface area (TPSA) is 34.1 Å². The van der Waals surface area contributed by atoms with Gasteiger partial charge in [-0.25, -0.2) is 0 Å². The molecule has 30 valence electrons. The van der Waals surface area contributed by atoms with Crippen molar-refractivity contribution in [3.8, 4) is 0 Å². The maximum absolute atomic E-state index is 9.17. The molecule has 0 spiro atoms. The Kier molecular flexibility index (Phi) is 15.7. The maximum atomic E-state index is 9.17. The summed E-state index contributed by atoms with van der Waals surface area (Å²) in [5, 5.41) is 0. The predicted octanol–water partition coefficient (Wildman–Crippen LogP) is -0.874. The Bertz CT molecular complexity index is 38.1. The molecule has 2 nitrogen and oxygen atoms in total.